The Morgan fingerprint density at radius 2 is 1.92 bits per heavy atom. The van der Waals surface area contributed by atoms with E-state index in [1.165, 1.54) is 24.3 Å². The first-order valence-corrected chi connectivity index (χ1v) is 8.89. The number of carbonyl (C=O) groups is 2. The summed E-state index contributed by atoms with van der Waals surface area (Å²) < 4.78 is 14.7. The highest BCUT2D eigenvalue weighted by molar-refractivity contribution is 9.10. The molecular formula is C17H10BrClFNO2S. The van der Waals surface area contributed by atoms with Crippen LogP contribution in [-0.4, -0.2) is 16.0 Å². The van der Waals surface area contributed by atoms with Gasteiger partial charge in [-0.2, -0.15) is 0 Å². The van der Waals surface area contributed by atoms with E-state index in [1.807, 2.05) is 24.3 Å². The Balaban J connectivity index is 1.89. The Morgan fingerprint density at radius 3 is 2.62 bits per heavy atom. The Morgan fingerprint density at radius 1 is 1.17 bits per heavy atom. The molecule has 0 spiro atoms. The molecule has 7 heteroatoms. The number of hydrogen-bond donors (Lipinski definition) is 0. The van der Waals surface area contributed by atoms with Gasteiger partial charge in [0.15, 0.2) is 0 Å². The smallest absolute Gasteiger partial charge is 0.268 e. The average Bonchev–Trinajstić information content (AvgIpc) is 2.80. The molecule has 0 saturated carbocycles. The highest BCUT2D eigenvalue weighted by Gasteiger charge is 2.35. The normalized spacial score (nSPS) is 16.3. The summed E-state index contributed by atoms with van der Waals surface area (Å²) in [4.78, 5) is 25.9. The molecular weight excluding hydrogens is 417 g/mol. The molecule has 0 aromatic heterocycles. The minimum atomic E-state index is -0.542. The van der Waals surface area contributed by atoms with Gasteiger partial charge in [0, 0.05) is 10.0 Å². The maximum atomic E-state index is 13.9. The van der Waals surface area contributed by atoms with Gasteiger partial charge in [0.2, 0.25) is 0 Å². The van der Waals surface area contributed by atoms with Crippen LogP contribution in [0, 0.1) is 5.82 Å². The van der Waals surface area contributed by atoms with Gasteiger partial charge in [-0.15, -0.1) is 0 Å². The Hall–Kier alpha value is -1.63. The van der Waals surface area contributed by atoms with Crippen molar-refractivity contribution in [2.24, 2.45) is 0 Å². The van der Waals surface area contributed by atoms with Crippen molar-refractivity contribution in [3.8, 4) is 0 Å². The largest absolute Gasteiger partial charge is 0.293 e. The molecule has 3 nitrogen and oxygen atoms in total. The van der Waals surface area contributed by atoms with E-state index in [1.54, 1.807) is 0 Å². The number of halogens is 3. The van der Waals surface area contributed by atoms with Gasteiger partial charge in [0.05, 0.1) is 16.5 Å². The van der Waals surface area contributed by atoms with Crippen molar-refractivity contribution in [2.45, 2.75) is 6.54 Å². The zero-order valence-electron chi connectivity index (χ0n) is 12.1. The summed E-state index contributed by atoms with van der Waals surface area (Å²) in [6.45, 7) is 0.147. The zero-order valence-corrected chi connectivity index (χ0v) is 15.3. The first-order chi connectivity index (χ1) is 11.5. The van der Waals surface area contributed by atoms with E-state index in [2.05, 4.69) is 15.9 Å². The van der Waals surface area contributed by atoms with E-state index in [9.17, 15) is 14.0 Å². The molecule has 1 aliphatic rings. The Labute approximate surface area is 155 Å². The molecule has 1 fully saturated rings. The molecule has 1 saturated heterocycles. The van der Waals surface area contributed by atoms with Gasteiger partial charge < -0.3 is 0 Å². The van der Waals surface area contributed by atoms with Gasteiger partial charge in [-0.1, -0.05) is 51.8 Å². The summed E-state index contributed by atoms with van der Waals surface area (Å²) in [5.74, 6) is -1.000. The van der Waals surface area contributed by atoms with Crippen LogP contribution in [0.15, 0.2) is 51.8 Å². The molecule has 2 amide bonds. The molecule has 0 N–H and O–H groups in total. The van der Waals surface area contributed by atoms with E-state index >= 15 is 0 Å². The molecule has 2 aromatic rings. The third-order valence-electron chi connectivity index (χ3n) is 3.44. The molecule has 0 atom stereocenters. The number of hydrogen-bond acceptors (Lipinski definition) is 3. The zero-order chi connectivity index (χ0) is 17.3. The van der Waals surface area contributed by atoms with Crippen LogP contribution in [0.4, 0.5) is 9.18 Å². The monoisotopic (exact) mass is 425 g/mol. The van der Waals surface area contributed by atoms with Gasteiger partial charge in [0.1, 0.15) is 5.82 Å². The van der Waals surface area contributed by atoms with Crippen LogP contribution in [0.25, 0.3) is 6.08 Å². The minimum absolute atomic E-state index is 0.102. The second kappa shape index (κ2) is 7.09. The van der Waals surface area contributed by atoms with E-state index in [0.717, 1.165) is 26.7 Å². The van der Waals surface area contributed by atoms with Gasteiger partial charge >= 0.3 is 0 Å². The lowest BCUT2D eigenvalue weighted by Crippen LogP contribution is -2.27. The van der Waals surface area contributed by atoms with Crippen LogP contribution in [0.3, 0.4) is 0 Å². The molecule has 24 heavy (non-hydrogen) atoms. The summed E-state index contributed by atoms with van der Waals surface area (Å²) in [6, 6.07) is 11.6. The van der Waals surface area contributed by atoms with Crippen molar-refractivity contribution >= 4 is 56.5 Å². The molecule has 0 aliphatic carbocycles. The van der Waals surface area contributed by atoms with E-state index < -0.39 is 17.0 Å². The van der Waals surface area contributed by atoms with Crippen LogP contribution in [0.1, 0.15) is 11.1 Å². The van der Waals surface area contributed by atoms with Crippen molar-refractivity contribution in [1.82, 2.24) is 4.90 Å². The standard InChI is InChI=1S/C17H10BrClFNO2S/c18-12-5-2-1-4-10(12)9-21-16(22)15(24-17(21)23)8-11-13(19)6-3-7-14(11)20/h1-8H,9H2/b15-8-. The molecule has 122 valence electrons. The number of carbonyl (C=O) groups excluding carboxylic acids is 2. The van der Waals surface area contributed by atoms with Gasteiger partial charge in [0.25, 0.3) is 11.1 Å². The fraction of sp³-hybridized carbons (Fsp3) is 0.0588. The molecule has 0 unspecified atom stereocenters. The number of imide groups is 1. The van der Waals surface area contributed by atoms with Crippen molar-refractivity contribution in [3.05, 3.63) is 73.8 Å². The summed E-state index contributed by atoms with van der Waals surface area (Å²) in [7, 11) is 0. The molecule has 1 aliphatic heterocycles. The number of thioether (sulfide) groups is 1. The lowest BCUT2D eigenvalue weighted by molar-refractivity contribution is -0.123. The van der Waals surface area contributed by atoms with Crippen molar-refractivity contribution < 1.29 is 14.0 Å². The highest BCUT2D eigenvalue weighted by atomic mass is 79.9. The second-order valence-corrected chi connectivity index (χ2v) is 7.25. The SMILES string of the molecule is O=C1S/C(=C\c2c(F)cccc2Cl)C(=O)N1Cc1ccccc1Br. The molecule has 0 bridgehead atoms. The van der Waals surface area contributed by atoms with Crippen molar-refractivity contribution in [1.29, 1.82) is 0 Å². The van der Waals surface area contributed by atoms with Crippen LogP contribution in [0.2, 0.25) is 5.02 Å². The van der Waals surface area contributed by atoms with E-state index in [0.29, 0.717) is 0 Å². The maximum Gasteiger partial charge on any atom is 0.293 e. The lowest BCUT2D eigenvalue weighted by Gasteiger charge is -2.13. The highest BCUT2D eigenvalue weighted by Crippen LogP contribution is 2.35. The fourth-order valence-electron chi connectivity index (χ4n) is 2.21. The second-order valence-electron chi connectivity index (χ2n) is 4.99. The quantitative estimate of drug-likeness (QED) is 0.610. The minimum Gasteiger partial charge on any atom is -0.268 e. The van der Waals surface area contributed by atoms with E-state index in [-0.39, 0.29) is 22.0 Å². The molecule has 2 aromatic carbocycles. The first-order valence-electron chi connectivity index (χ1n) is 6.90. The number of benzene rings is 2. The summed E-state index contributed by atoms with van der Waals surface area (Å²) in [5, 5.41) is -0.206. The number of amides is 2. The maximum absolute atomic E-state index is 13.9. The van der Waals surface area contributed by atoms with Crippen molar-refractivity contribution in [3.63, 3.8) is 0 Å². The average molecular weight is 427 g/mol. The van der Waals surface area contributed by atoms with Crippen molar-refractivity contribution in [2.75, 3.05) is 0 Å². The Bertz CT molecular complexity index is 851. The topological polar surface area (TPSA) is 37.4 Å². The van der Waals surface area contributed by atoms with Gasteiger partial charge in [-0.05, 0) is 41.6 Å². The Kier molecular flexibility index (Phi) is 5.08. The predicted octanol–water partition coefficient (Wildman–Crippen LogP) is 5.48. The molecule has 1 heterocycles. The lowest BCUT2D eigenvalue weighted by atomic mass is 10.2. The molecule has 0 radical (unpaired) electrons. The van der Waals surface area contributed by atoms with E-state index in [4.69, 9.17) is 11.6 Å². The predicted molar refractivity (Wildman–Crippen MR) is 97.1 cm³/mol. The molecule has 3 rings (SSSR count). The first kappa shape index (κ1) is 17.2. The van der Waals surface area contributed by atoms with Crippen LogP contribution < -0.4 is 0 Å². The van der Waals surface area contributed by atoms with Crippen LogP contribution in [-0.2, 0) is 11.3 Å². The summed E-state index contributed by atoms with van der Waals surface area (Å²) in [6.07, 6.45) is 1.32. The van der Waals surface area contributed by atoms with Crippen LogP contribution in [0.5, 0.6) is 0 Å². The summed E-state index contributed by atoms with van der Waals surface area (Å²) in [5.41, 5.74) is 0.913. The number of nitrogens with zero attached hydrogens (tertiary/aromatic N) is 1. The summed E-state index contributed by atoms with van der Waals surface area (Å²) >= 11 is 10.1. The van der Waals surface area contributed by atoms with Gasteiger partial charge in [-0.3, -0.25) is 14.5 Å². The third-order valence-corrected chi connectivity index (χ3v) is 5.45. The van der Waals surface area contributed by atoms with Crippen LogP contribution >= 0.6 is 39.3 Å². The number of rotatable bonds is 3. The fourth-order valence-corrected chi connectivity index (χ4v) is 3.66. The van der Waals surface area contributed by atoms with Gasteiger partial charge in [-0.25, -0.2) is 4.39 Å². The third kappa shape index (κ3) is 3.41.